The molecule has 0 radical (unpaired) electrons. The molecule has 0 fully saturated rings. The lowest BCUT2D eigenvalue weighted by molar-refractivity contribution is 0.527. The third-order valence-corrected chi connectivity index (χ3v) is 6.45. The minimum atomic E-state index is -3.94. The number of hydrogen-bond donors (Lipinski definition) is 1. The highest BCUT2D eigenvalue weighted by molar-refractivity contribution is 7.92. The molecule has 0 aliphatic rings. The standard InChI is InChI=1S/C21H17N5O5S/c1-24-17-9-8-16(12-18(17)31-21(24)28)32(29,30)23-15-6-4-5-14(11-15)13-26-20(27)25-10-3-2-7-19(25)22-26/h2-12,23H,13H2,1H3. The van der Waals surface area contributed by atoms with Crippen LogP contribution in [0.4, 0.5) is 5.69 Å². The molecule has 0 atom stereocenters. The van der Waals surface area contributed by atoms with Crippen molar-refractivity contribution in [3.05, 3.63) is 93.5 Å². The van der Waals surface area contributed by atoms with E-state index in [1.807, 2.05) is 0 Å². The van der Waals surface area contributed by atoms with Crippen LogP contribution in [0.25, 0.3) is 16.7 Å². The Morgan fingerprint density at radius 3 is 2.69 bits per heavy atom. The number of hydrogen-bond acceptors (Lipinski definition) is 6. The van der Waals surface area contributed by atoms with E-state index in [9.17, 15) is 18.0 Å². The third-order valence-electron chi connectivity index (χ3n) is 5.07. The zero-order valence-electron chi connectivity index (χ0n) is 16.8. The lowest BCUT2D eigenvalue weighted by atomic mass is 10.2. The summed E-state index contributed by atoms with van der Waals surface area (Å²) in [6.07, 6.45) is 1.64. The maximum atomic E-state index is 12.9. The first-order valence-corrected chi connectivity index (χ1v) is 11.1. The minimum Gasteiger partial charge on any atom is -0.408 e. The Kier molecular flexibility index (Phi) is 4.48. The van der Waals surface area contributed by atoms with Crippen molar-refractivity contribution in [2.24, 2.45) is 7.05 Å². The fraction of sp³-hybridized carbons (Fsp3) is 0.0952. The van der Waals surface area contributed by atoms with Crippen molar-refractivity contribution in [1.82, 2.24) is 18.7 Å². The highest BCUT2D eigenvalue weighted by atomic mass is 32.2. The second-order valence-corrected chi connectivity index (χ2v) is 8.91. The molecule has 0 aliphatic heterocycles. The summed E-state index contributed by atoms with van der Waals surface area (Å²) in [5, 5.41) is 4.29. The number of nitrogens with zero attached hydrogens (tertiary/aromatic N) is 4. The van der Waals surface area contributed by atoms with Crippen LogP contribution in [-0.2, 0) is 23.6 Å². The van der Waals surface area contributed by atoms with Crippen LogP contribution in [0.5, 0.6) is 0 Å². The number of nitrogens with one attached hydrogen (secondary N) is 1. The fourth-order valence-corrected chi connectivity index (χ4v) is 4.54. The summed E-state index contributed by atoms with van der Waals surface area (Å²) in [5.74, 6) is -0.572. The van der Waals surface area contributed by atoms with E-state index in [0.717, 1.165) is 0 Å². The zero-order chi connectivity index (χ0) is 22.5. The molecule has 0 aliphatic carbocycles. The van der Waals surface area contributed by atoms with Crippen molar-refractivity contribution in [1.29, 1.82) is 0 Å². The Balaban J connectivity index is 1.43. The number of benzene rings is 2. The molecule has 1 N–H and O–H groups in total. The average Bonchev–Trinajstić information content (AvgIpc) is 3.23. The summed E-state index contributed by atoms with van der Waals surface area (Å²) < 4.78 is 37.4. The molecule has 32 heavy (non-hydrogen) atoms. The van der Waals surface area contributed by atoms with E-state index in [1.54, 1.807) is 55.7 Å². The first-order chi connectivity index (χ1) is 15.3. The minimum absolute atomic E-state index is 0.0404. The molecule has 0 amide bonds. The number of fused-ring (bicyclic) bond motifs is 2. The van der Waals surface area contributed by atoms with Crippen LogP contribution in [0.2, 0.25) is 0 Å². The zero-order valence-corrected chi connectivity index (χ0v) is 17.6. The summed E-state index contributed by atoms with van der Waals surface area (Å²) in [7, 11) is -2.39. The lowest BCUT2D eigenvalue weighted by Gasteiger charge is -2.09. The van der Waals surface area contributed by atoms with Gasteiger partial charge < -0.3 is 4.42 Å². The maximum Gasteiger partial charge on any atom is 0.419 e. The second kappa shape index (κ2) is 7.24. The number of aryl methyl sites for hydroxylation is 1. The molecule has 0 saturated heterocycles. The van der Waals surface area contributed by atoms with Crippen molar-refractivity contribution in [2.75, 3.05) is 4.72 Å². The van der Waals surface area contributed by atoms with Crippen LogP contribution in [0.15, 0.2) is 85.8 Å². The van der Waals surface area contributed by atoms with Crippen molar-refractivity contribution in [3.63, 3.8) is 0 Å². The molecule has 0 bridgehead atoms. The van der Waals surface area contributed by atoms with Gasteiger partial charge in [-0.2, -0.15) is 0 Å². The van der Waals surface area contributed by atoms with Crippen LogP contribution < -0.4 is 16.2 Å². The van der Waals surface area contributed by atoms with Gasteiger partial charge in [-0.1, -0.05) is 18.2 Å². The molecular weight excluding hydrogens is 434 g/mol. The number of pyridine rings is 1. The largest absolute Gasteiger partial charge is 0.419 e. The van der Waals surface area contributed by atoms with Gasteiger partial charge in [0.2, 0.25) is 0 Å². The Hall–Kier alpha value is -4.12. The van der Waals surface area contributed by atoms with Crippen LogP contribution >= 0.6 is 0 Å². The van der Waals surface area contributed by atoms with E-state index in [1.165, 1.54) is 31.8 Å². The van der Waals surface area contributed by atoms with Crippen LogP contribution in [0, 0.1) is 0 Å². The van der Waals surface area contributed by atoms with E-state index in [0.29, 0.717) is 22.4 Å². The molecule has 3 aromatic heterocycles. The van der Waals surface area contributed by atoms with Gasteiger partial charge in [0, 0.05) is 25.0 Å². The third kappa shape index (κ3) is 3.38. The van der Waals surface area contributed by atoms with Crippen LogP contribution in [0.3, 0.4) is 0 Å². The smallest absolute Gasteiger partial charge is 0.408 e. The van der Waals surface area contributed by atoms with Gasteiger partial charge >= 0.3 is 11.4 Å². The van der Waals surface area contributed by atoms with Gasteiger partial charge in [-0.3, -0.25) is 13.7 Å². The normalized spacial score (nSPS) is 11.9. The topological polar surface area (TPSA) is 121 Å². The number of oxazole rings is 1. The van der Waals surface area contributed by atoms with E-state index in [2.05, 4.69) is 9.82 Å². The SMILES string of the molecule is Cn1c(=O)oc2cc(S(=O)(=O)Nc3cccc(Cn4nc5ccccn5c4=O)c3)ccc21. The van der Waals surface area contributed by atoms with Gasteiger partial charge in [0.15, 0.2) is 11.2 Å². The molecule has 5 aromatic rings. The van der Waals surface area contributed by atoms with Gasteiger partial charge in [-0.25, -0.2) is 22.7 Å². The Morgan fingerprint density at radius 2 is 1.88 bits per heavy atom. The molecule has 5 rings (SSSR count). The molecule has 11 heteroatoms. The Labute approximate surface area is 181 Å². The molecule has 0 unspecified atom stereocenters. The molecule has 0 spiro atoms. The first kappa shape index (κ1) is 19.8. The van der Waals surface area contributed by atoms with Gasteiger partial charge in [0.1, 0.15) is 0 Å². The Bertz CT molecular complexity index is 1710. The van der Waals surface area contributed by atoms with Crippen molar-refractivity contribution < 1.29 is 12.8 Å². The van der Waals surface area contributed by atoms with E-state index >= 15 is 0 Å². The summed E-state index contributed by atoms with van der Waals surface area (Å²) >= 11 is 0. The fourth-order valence-electron chi connectivity index (χ4n) is 3.47. The molecule has 0 saturated carbocycles. The molecule has 2 aromatic carbocycles. The van der Waals surface area contributed by atoms with Crippen LogP contribution in [0.1, 0.15) is 5.56 Å². The van der Waals surface area contributed by atoms with E-state index in [-0.39, 0.29) is 22.7 Å². The second-order valence-electron chi connectivity index (χ2n) is 7.23. The predicted molar refractivity (Wildman–Crippen MR) is 117 cm³/mol. The summed E-state index contributed by atoms with van der Waals surface area (Å²) in [5.41, 5.74) is 1.94. The molecule has 10 nitrogen and oxygen atoms in total. The van der Waals surface area contributed by atoms with E-state index in [4.69, 9.17) is 4.42 Å². The van der Waals surface area contributed by atoms with Gasteiger partial charge in [0.05, 0.1) is 17.0 Å². The number of sulfonamides is 1. The monoisotopic (exact) mass is 451 g/mol. The quantitative estimate of drug-likeness (QED) is 0.435. The van der Waals surface area contributed by atoms with Crippen LogP contribution in [-0.4, -0.2) is 27.2 Å². The van der Waals surface area contributed by atoms with Crippen molar-refractivity contribution in [3.8, 4) is 0 Å². The molecule has 162 valence electrons. The summed E-state index contributed by atoms with van der Waals surface area (Å²) in [4.78, 5) is 24.1. The summed E-state index contributed by atoms with van der Waals surface area (Å²) in [6.45, 7) is 0.178. The van der Waals surface area contributed by atoms with Gasteiger partial charge in [-0.15, -0.1) is 5.10 Å². The first-order valence-electron chi connectivity index (χ1n) is 9.57. The number of anilines is 1. The summed E-state index contributed by atoms with van der Waals surface area (Å²) in [6, 6.07) is 16.2. The number of rotatable bonds is 5. The maximum absolute atomic E-state index is 12.9. The Morgan fingerprint density at radius 1 is 1.03 bits per heavy atom. The van der Waals surface area contributed by atoms with Crippen molar-refractivity contribution in [2.45, 2.75) is 11.4 Å². The van der Waals surface area contributed by atoms with E-state index < -0.39 is 15.8 Å². The molecule has 3 heterocycles. The average molecular weight is 451 g/mol. The molecular formula is C21H17N5O5S. The van der Waals surface area contributed by atoms with Gasteiger partial charge in [-0.05, 0) is 42.0 Å². The van der Waals surface area contributed by atoms with Gasteiger partial charge in [0.25, 0.3) is 10.0 Å². The number of aromatic nitrogens is 4. The van der Waals surface area contributed by atoms with Crippen molar-refractivity contribution >= 4 is 32.5 Å². The lowest BCUT2D eigenvalue weighted by Crippen LogP contribution is -2.21. The highest BCUT2D eigenvalue weighted by Crippen LogP contribution is 2.21. The predicted octanol–water partition coefficient (Wildman–Crippen LogP) is 1.79. The highest BCUT2D eigenvalue weighted by Gasteiger charge is 2.17.